The molecule has 1 aliphatic rings. The molecule has 4 rings (SSSR count). The van der Waals surface area contributed by atoms with Crippen molar-refractivity contribution in [2.45, 2.75) is 24.7 Å². The first-order chi connectivity index (χ1) is 18.2. The van der Waals surface area contributed by atoms with Crippen LogP contribution in [0.25, 0.3) is 11.1 Å². The highest BCUT2D eigenvalue weighted by Gasteiger charge is 2.41. The van der Waals surface area contributed by atoms with Gasteiger partial charge in [-0.1, -0.05) is 54.7 Å². The van der Waals surface area contributed by atoms with E-state index in [9.17, 15) is 23.2 Å². The first-order valence-electron chi connectivity index (χ1n) is 11.6. The Morgan fingerprint density at radius 1 is 1.03 bits per heavy atom. The van der Waals surface area contributed by atoms with E-state index in [2.05, 4.69) is 0 Å². The number of amides is 1. The number of hydrogen-bond acceptors (Lipinski definition) is 6. The molecule has 0 aliphatic carbocycles. The average Bonchev–Trinajstić information content (AvgIpc) is 3.35. The highest BCUT2D eigenvalue weighted by atomic mass is 32.1. The molecule has 2 atom stereocenters. The third-order valence-electron chi connectivity index (χ3n) is 6.23. The number of hydrogen-bond donors (Lipinski definition) is 2. The van der Waals surface area contributed by atoms with E-state index in [0.717, 1.165) is 24.3 Å². The lowest BCUT2D eigenvalue weighted by atomic mass is 10.1. The number of hydroxylamine groups is 1. The molecule has 3 aromatic rings. The summed E-state index contributed by atoms with van der Waals surface area (Å²) in [5, 5.41) is 9.29. The number of rotatable bonds is 7. The van der Waals surface area contributed by atoms with E-state index >= 15 is 0 Å². The molecule has 3 aromatic carbocycles. The number of benzene rings is 3. The van der Waals surface area contributed by atoms with Gasteiger partial charge in [-0.15, -0.1) is 0 Å². The quantitative estimate of drug-likeness (QED) is 0.243. The van der Waals surface area contributed by atoms with Crippen LogP contribution in [-0.4, -0.2) is 53.9 Å². The second kappa shape index (κ2) is 11.3. The third kappa shape index (κ3) is 5.68. The molecule has 2 N–H and O–H groups in total. The summed E-state index contributed by atoms with van der Waals surface area (Å²) in [4.78, 5) is 13.9. The van der Waals surface area contributed by atoms with Crippen molar-refractivity contribution in [3.63, 3.8) is 0 Å². The van der Waals surface area contributed by atoms with Crippen LogP contribution < -0.4 is 19.7 Å². The number of carbonyl (C=O) groups excluding carboxylic acids is 1. The van der Waals surface area contributed by atoms with Gasteiger partial charge in [0.05, 0.1) is 20.8 Å². The van der Waals surface area contributed by atoms with Crippen molar-refractivity contribution in [1.29, 1.82) is 0 Å². The average molecular weight is 547 g/mol. The smallest absolute Gasteiger partial charge is 0.420 e. The number of carbonyl (C=O) groups is 1. The third-order valence-corrected chi connectivity index (χ3v) is 6.70. The Labute approximate surface area is 222 Å². The molecular formula is C27H25F3N2O5S. The molecule has 0 unspecified atom stereocenters. The highest BCUT2D eigenvalue weighted by molar-refractivity contribution is 7.80. The number of nitrogens with one attached hydrogen (secondary N) is 1. The Hall–Kier alpha value is -3.83. The number of methoxy groups -OCH3 is 2. The normalized spacial score (nSPS) is 17.2. The summed E-state index contributed by atoms with van der Waals surface area (Å²) in [6.07, 6.45) is -5.12. The molecular weight excluding hydrogens is 521 g/mol. The lowest BCUT2D eigenvalue weighted by Gasteiger charge is -2.26. The maximum atomic E-state index is 13.8. The van der Waals surface area contributed by atoms with E-state index < -0.39 is 35.5 Å². The Balaban J connectivity index is 1.58. The van der Waals surface area contributed by atoms with E-state index in [4.69, 9.17) is 26.4 Å². The maximum Gasteiger partial charge on any atom is 0.420 e. The van der Waals surface area contributed by atoms with Crippen LogP contribution in [0.2, 0.25) is 0 Å². The molecule has 0 spiro atoms. The number of ether oxygens (including phenoxy) is 3. The fraction of sp³-hybridized carbons (Fsp3) is 0.259. The maximum absolute atomic E-state index is 13.8. The van der Waals surface area contributed by atoms with Crippen molar-refractivity contribution >= 4 is 23.1 Å². The zero-order valence-corrected chi connectivity index (χ0v) is 21.3. The Bertz CT molecular complexity index is 1300. The Morgan fingerprint density at radius 3 is 2.26 bits per heavy atom. The van der Waals surface area contributed by atoms with Gasteiger partial charge in [0.15, 0.2) is 11.5 Å². The SMILES string of the molecule is COc1cc(C(=S)N2C[C@H](Oc3ccc(-c4ccccc4)cc3)C[C@@H]2C(=O)NO)cc(C(F)(F)F)c1OC. The van der Waals surface area contributed by atoms with Gasteiger partial charge in [0, 0.05) is 12.0 Å². The Morgan fingerprint density at radius 2 is 1.68 bits per heavy atom. The van der Waals surface area contributed by atoms with E-state index in [-0.39, 0.29) is 29.3 Å². The Kier molecular flexibility index (Phi) is 8.08. The van der Waals surface area contributed by atoms with Gasteiger partial charge in [-0.3, -0.25) is 10.0 Å². The zero-order chi connectivity index (χ0) is 27.4. The van der Waals surface area contributed by atoms with Crippen molar-refractivity contribution in [2.24, 2.45) is 0 Å². The fourth-order valence-electron chi connectivity index (χ4n) is 4.44. The standard InChI is InChI=1S/C27H25F3N2O5S/c1-35-23-13-18(12-21(24(23)36-2)27(28,29)30)26(38)32-15-20(14-22(32)25(33)31-34)37-19-10-8-17(9-11-19)16-6-4-3-5-7-16/h3-13,20,22,34H,14-15H2,1-2H3,(H,31,33)/t20-,22-/m1/s1. The number of halogens is 3. The first kappa shape index (κ1) is 27.2. The van der Waals surface area contributed by atoms with Gasteiger partial charge < -0.3 is 19.1 Å². The van der Waals surface area contributed by atoms with Gasteiger partial charge in [-0.2, -0.15) is 13.2 Å². The van der Waals surface area contributed by atoms with E-state index in [1.807, 2.05) is 42.5 Å². The van der Waals surface area contributed by atoms with Gasteiger partial charge in [-0.25, -0.2) is 5.48 Å². The van der Waals surface area contributed by atoms with Crippen LogP contribution in [0.5, 0.6) is 17.2 Å². The van der Waals surface area contributed by atoms with Crippen LogP contribution in [0.1, 0.15) is 17.5 Å². The lowest BCUT2D eigenvalue weighted by molar-refractivity contribution is -0.139. The largest absolute Gasteiger partial charge is 0.493 e. The van der Waals surface area contributed by atoms with Crippen LogP contribution in [0, 0.1) is 0 Å². The van der Waals surface area contributed by atoms with Crippen LogP contribution >= 0.6 is 12.2 Å². The molecule has 1 heterocycles. The fourth-order valence-corrected chi connectivity index (χ4v) is 4.76. The van der Waals surface area contributed by atoms with Gasteiger partial charge in [0.2, 0.25) is 0 Å². The van der Waals surface area contributed by atoms with Crippen LogP contribution in [0.4, 0.5) is 13.2 Å². The van der Waals surface area contributed by atoms with Crippen molar-refractivity contribution in [3.05, 3.63) is 77.9 Å². The summed E-state index contributed by atoms with van der Waals surface area (Å²) in [5.41, 5.74) is 2.60. The topological polar surface area (TPSA) is 80.3 Å². The van der Waals surface area contributed by atoms with E-state index in [1.54, 1.807) is 17.6 Å². The van der Waals surface area contributed by atoms with Crippen molar-refractivity contribution < 1.29 is 37.4 Å². The molecule has 7 nitrogen and oxygen atoms in total. The monoisotopic (exact) mass is 546 g/mol. The summed E-state index contributed by atoms with van der Waals surface area (Å²) in [6, 6.07) is 18.4. The lowest BCUT2D eigenvalue weighted by Crippen LogP contribution is -2.44. The van der Waals surface area contributed by atoms with Gasteiger partial charge in [0.25, 0.3) is 5.91 Å². The molecule has 0 saturated carbocycles. The molecule has 0 aromatic heterocycles. The minimum absolute atomic E-state index is 0.00794. The minimum Gasteiger partial charge on any atom is -0.493 e. The number of alkyl halides is 3. The number of nitrogens with zero attached hydrogens (tertiary/aromatic N) is 1. The van der Waals surface area contributed by atoms with E-state index in [1.165, 1.54) is 18.1 Å². The molecule has 1 amide bonds. The minimum atomic E-state index is -4.74. The molecule has 11 heteroatoms. The van der Waals surface area contributed by atoms with E-state index in [0.29, 0.717) is 5.75 Å². The van der Waals surface area contributed by atoms with Crippen LogP contribution in [0.15, 0.2) is 66.7 Å². The van der Waals surface area contributed by atoms with Crippen molar-refractivity contribution in [2.75, 3.05) is 20.8 Å². The predicted molar refractivity (Wildman–Crippen MR) is 138 cm³/mol. The van der Waals surface area contributed by atoms with Crippen molar-refractivity contribution in [1.82, 2.24) is 10.4 Å². The van der Waals surface area contributed by atoms with Crippen LogP contribution in [0.3, 0.4) is 0 Å². The number of likely N-dealkylation sites (tertiary alicyclic amines) is 1. The summed E-state index contributed by atoms with van der Waals surface area (Å²) >= 11 is 5.53. The highest BCUT2D eigenvalue weighted by Crippen LogP contribution is 2.43. The zero-order valence-electron chi connectivity index (χ0n) is 20.5. The molecule has 0 bridgehead atoms. The first-order valence-corrected chi connectivity index (χ1v) is 12.0. The molecule has 38 heavy (non-hydrogen) atoms. The second-order valence-electron chi connectivity index (χ2n) is 8.57. The summed E-state index contributed by atoms with van der Waals surface area (Å²) in [6.45, 7) is 0.104. The van der Waals surface area contributed by atoms with Crippen LogP contribution in [-0.2, 0) is 11.0 Å². The molecule has 1 saturated heterocycles. The molecule has 1 fully saturated rings. The molecule has 1 aliphatic heterocycles. The second-order valence-corrected chi connectivity index (χ2v) is 8.96. The van der Waals surface area contributed by atoms with Gasteiger partial charge in [0.1, 0.15) is 28.4 Å². The predicted octanol–water partition coefficient (Wildman–Crippen LogP) is 5.09. The molecule has 200 valence electrons. The number of thiocarbonyl (C=S) groups is 1. The van der Waals surface area contributed by atoms with Crippen molar-refractivity contribution in [3.8, 4) is 28.4 Å². The van der Waals surface area contributed by atoms with Gasteiger partial charge >= 0.3 is 6.18 Å². The summed E-state index contributed by atoms with van der Waals surface area (Å²) in [5.74, 6) is -0.836. The molecule has 0 radical (unpaired) electrons. The summed E-state index contributed by atoms with van der Waals surface area (Å²) in [7, 11) is 2.33. The summed E-state index contributed by atoms with van der Waals surface area (Å²) < 4.78 is 57.4. The van der Waals surface area contributed by atoms with Gasteiger partial charge in [-0.05, 0) is 35.4 Å².